The summed E-state index contributed by atoms with van der Waals surface area (Å²) in [5.74, 6) is -2.41. The SMILES string of the molecule is Cc1cc(C(=O)O)c(C(N)=O)c(=O)[nH]1. The Hall–Kier alpha value is -2.11. The van der Waals surface area contributed by atoms with Gasteiger partial charge < -0.3 is 15.8 Å². The molecule has 1 heterocycles. The van der Waals surface area contributed by atoms with Crippen LogP contribution in [-0.4, -0.2) is 22.0 Å². The molecule has 1 amide bonds. The van der Waals surface area contributed by atoms with Crippen LogP contribution in [0, 0.1) is 6.92 Å². The van der Waals surface area contributed by atoms with E-state index in [0.29, 0.717) is 5.69 Å². The molecular formula is C8H8N2O4. The lowest BCUT2D eigenvalue weighted by Gasteiger charge is -2.01. The lowest BCUT2D eigenvalue weighted by molar-refractivity contribution is 0.0691. The van der Waals surface area contributed by atoms with Crippen molar-refractivity contribution in [1.29, 1.82) is 0 Å². The van der Waals surface area contributed by atoms with Crippen LogP contribution in [0.4, 0.5) is 0 Å². The summed E-state index contributed by atoms with van der Waals surface area (Å²) in [6.07, 6.45) is 0. The molecule has 0 fully saturated rings. The number of primary amides is 1. The zero-order chi connectivity index (χ0) is 10.9. The maximum atomic E-state index is 11.2. The highest BCUT2D eigenvalue weighted by atomic mass is 16.4. The molecule has 0 saturated heterocycles. The summed E-state index contributed by atoms with van der Waals surface area (Å²) in [5.41, 5.74) is 3.56. The lowest BCUT2D eigenvalue weighted by atomic mass is 10.1. The van der Waals surface area contributed by atoms with Gasteiger partial charge in [-0.25, -0.2) is 4.79 Å². The second kappa shape index (κ2) is 3.33. The normalized spacial score (nSPS) is 9.79. The number of carbonyl (C=O) groups is 2. The van der Waals surface area contributed by atoms with Crippen LogP contribution in [-0.2, 0) is 0 Å². The quantitative estimate of drug-likeness (QED) is 0.590. The molecule has 0 aliphatic heterocycles. The number of rotatable bonds is 2. The van der Waals surface area contributed by atoms with E-state index in [1.807, 2.05) is 0 Å². The van der Waals surface area contributed by atoms with Gasteiger partial charge in [-0.1, -0.05) is 0 Å². The number of aromatic nitrogens is 1. The molecule has 1 aromatic rings. The van der Waals surface area contributed by atoms with Gasteiger partial charge in [0.2, 0.25) is 0 Å². The first-order valence-corrected chi connectivity index (χ1v) is 3.70. The van der Waals surface area contributed by atoms with Gasteiger partial charge in [-0.15, -0.1) is 0 Å². The molecule has 0 spiro atoms. The number of nitrogens with two attached hydrogens (primary N) is 1. The number of amides is 1. The van der Waals surface area contributed by atoms with Crippen LogP contribution in [0.1, 0.15) is 26.4 Å². The van der Waals surface area contributed by atoms with Gasteiger partial charge in [0.1, 0.15) is 5.56 Å². The molecule has 0 unspecified atom stereocenters. The molecule has 6 nitrogen and oxygen atoms in total. The molecule has 14 heavy (non-hydrogen) atoms. The van der Waals surface area contributed by atoms with Crippen molar-refractivity contribution in [3.05, 3.63) is 33.2 Å². The molecule has 0 aliphatic rings. The van der Waals surface area contributed by atoms with Crippen molar-refractivity contribution in [3.63, 3.8) is 0 Å². The Morgan fingerprint density at radius 3 is 2.50 bits per heavy atom. The Balaban J connectivity index is 3.61. The standard InChI is InChI=1S/C8H8N2O4/c1-3-2-4(8(13)14)5(6(9)11)7(12)10-3/h2H,1H3,(H2,9,11)(H,10,12)(H,13,14). The summed E-state index contributed by atoms with van der Waals surface area (Å²) < 4.78 is 0. The fourth-order valence-electron chi connectivity index (χ4n) is 1.10. The Bertz CT molecular complexity index is 461. The van der Waals surface area contributed by atoms with Gasteiger partial charge in [0.15, 0.2) is 0 Å². The minimum absolute atomic E-state index is 0.359. The van der Waals surface area contributed by atoms with E-state index in [2.05, 4.69) is 4.98 Å². The average Bonchev–Trinajstić information content (AvgIpc) is 2.01. The van der Waals surface area contributed by atoms with Crippen LogP contribution in [0.5, 0.6) is 0 Å². The van der Waals surface area contributed by atoms with Crippen LogP contribution < -0.4 is 11.3 Å². The Morgan fingerprint density at radius 1 is 1.50 bits per heavy atom. The Morgan fingerprint density at radius 2 is 2.07 bits per heavy atom. The second-order valence-corrected chi connectivity index (χ2v) is 2.74. The second-order valence-electron chi connectivity index (χ2n) is 2.74. The van der Waals surface area contributed by atoms with E-state index in [4.69, 9.17) is 10.8 Å². The first kappa shape index (κ1) is 9.97. The third-order valence-corrected chi connectivity index (χ3v) is 1.64. The first-order chi connectivity index (χ1) is 6.43. The number of H-pyrrole nitrogens is 1. The number of carboxylic acids is 1. The van der Waals surface area contributed by atoms with Crippen molar-refractivity contribution < 1.29 is 14.7 Å². The number of carbonyl (C=O) groups excluding carboxylic acids is 1. The minimum Gasteiger partial charge on any atom is -0.478 e. The summed E-state index contributed by atoms with van der Waals surface area (Å²) in [4.78, 5) is 35.0. The number of pyridine rings is 1. The maximum Gasteiger partial charge on any atom is 0.336 e. The van der Waals surface area contributed by atoms with E-state index in [1.54, 1.807) is 0 Å². The fourth-order valence-corrected chi connectivity index (χ4v) is 1.10. The van der Waals surface area contributed by atoms with Crippen LogP contribution >= 0.6 is 0 Å². The van der Waals surface area contributed by atoms with E-state index in [1.165, 1.54) is 13.0 Å². The predicted octanol–water partition coefficient (Wildman–Crippen LogP) is -0.520. The highest BCUT2D eigenvalue weighted by Gasteiger charge is 2.18. The predicted molar refractivity (Wildman–Crippen MR) is 47.3 cm³/mol. The monoisotopic (exact) mass is 196 g/mol. The molecule has 74 valence electrons. The van der Waals surface area contributed by atoms with Crippen molar-refractivity contribution in [2.24, 2.45) is 5.73 Å². The van der Waals surface area contributed by atoms with Crippen molar-refractivity contribution in [3.8, 4) is 0 Å². The van der Waals surface area contributed by atoms with Gasteiger partial charge in [0.25, 0.3) is 11.5 Å². The van der Waals surface area contributed by atoms with Gasteiger partial charge in [0.05, 0.1) is 5.56 Å². The molecule has 0 radical (unpaired) electrons. The smallest absolute Gasteiger partial charge is 0.336 e. The molecule has 1 aromatic heterocycles. The van der Waals surface area contributed by atoms with E-state index in [0.717, 1.165) is 0 Å². The Kier molecular flexibility index (Phi) is 2.37. The number of aromatic amines is 1. The molecule has 0 aliphatic carbocycles. The summed E-state index contributed by atoms with van der Waals surface area (Å²) >= 11 is 0. The maximum absolute atomic E-state index is 11.2. The largest absolute Gasteiger partial charge is 0.478 e. The third-order valence-electron chi connectivity index (χ3n) is 1.64. The van der Waals surface area contributed by atoms with E-state index in [-0.39, 0.29) is 5.56 Å². The summed E-state index contributed by atoms with van der Waals surface area (Å²) in [6, 6.07) is 1.18. The summed E-state index contributed by atoms with van der Waals surface area (Å²) in [5, 5.41) is 8.70. The van der Waals surface area contributed by atoms with Crippen LogP contribution in [0.25, 0.3) is 0 Å². The summed E-state index contributed by atoms with van der Waals surface area (Å²) in [7, 11) is 0. The van der Waals surface area contributed by atoms with Gasteiger partial charge >= 0.3 is 5.97 Å². The van der Waals surface area contributed by atoms with Crippen LogP contribution in [0.3, 0.4) is 0 Å². The third kappa shape index (κ3) is 1.63. The fraction of sp³-hybridized carbons (Fsp3) is 0.125. The van der Waals surface area contributed by atoms with E-state index >= 15 is 0 Å². The number of nitrogens with one attached hydrogen (secondary N) is 1. The zero-order valence-electron chi connectivity index (χ0n) is 7.33. The van der Waals surface area contributed by atoms with Crippen molar-refractivity contribution in [2.75, 3.05) is 0 Å². The van der Waals surface area contributed by atoms with Gasteiger partial charge in [-0.2, -0.15) is 0 Å². The Labute approximate surface area is 78.4 Å². The molecule has 0 aromatic carbocycles. The van der Waals surface area contributed by atoms with Crippen molar-refractivity contribution in [1.82, 2.24) is 4.98 Å². The van der Waals surface area contributed by atoms with Gasteiger partial charge in [-0.05, 0) is 13.0 Å². The number of aromatic carboxylic acids is 1. The van der Waals surface area contributed by atoms with Crippen molar-refractivity contribution >= 4 is 11.9 Å². The number of hydrogen-bond donors (Lipinski definition) is 3. The molecular weight excluding hydrogens is 188 g/mol. The number of carboxylic acid groups (broad SMARTS) is 1. The molecule has 0 bridgehead atoms. The van der Waals surface area contributed by atoms with Crippen LogP contribution in [0.15, 0.2) is 10.9 Å². The number of hydrogen-bond acceptors (Lipinski definition) is 3. The van der Waals surface area contributed by atoms with Gasteiger partial charge in [-0.3, -0.25) is 9.59 Å². The van der Waals surface area contributed by atoms with E-state index in [9.17, 15) is 14.4 Å². The first-order valence-electron chi connectivity index (χ1n) is 3.70. The summed E-state index contributed by atoms with van der Waals surface area (Å²) in [6.45, 7) is 1.51. The lowest BCUT2D eigenvalue weighted by Crippen LogP contribution is -2.28. The average molecular weight is 196 g/mol. The highest BCUT2D eigenvalue weighted by molar-refractivity contribution is 6.03. The van der Waals surface area contributed by atoms with Gasteiger partial charge in [0, 0.05) is 5.69 Å². The van der Waals surface area contributed by atoms with E-state index < -0.39 is 23.0 Å². The molecule has 0 atom stereocenters. The molecule has 1 rings (SSSR count). The molecule has 0 saturated carbocycles. The number of aryl methyl sites for hydroxylation is 1. The van der Waals surface area contributed by atoms with Crippen LogP contribution in [0.2, 0.25) is 0 Å². The minimum atomic E-state index is -1.35. The molecule has 4 N–H and O–H groups in total. The topological polar surface area (TPSA) is 113 Å². The van der Waals surface area contributed by atoms with Crippen molar-refractivity contribution in [2.45, 2.75) is 6.92 Å². The zero-order valence-corrected chi connectivity index (χ0v) is 7.33. The molecule has 6 heteroatoms. The highest BCUT2D eigenvalue weighted by Crippen LogP contribution is 2.04.